The summed E-state index contributed by atoms with van der Waals surface area (Å²) in [5.74, 6) is -1.48. The predicted octanol–water partition coefficient (Wildman–Crippen LogP) is 0.153. The van der Waals surface area contributed by atoms with E-state index in [1.54, 1.807) is 20.8 Å². The van der Waals surface area contributed by atoms with Crippen LogP contribution in [0.15, 0.2) is 0 Å². The first-order valence-electron chi connectivity index (χ1n) is 6.71. The number of sulfone groups is 1. The van der Waals surface area contributed by atoms with Gasteiger partial charge in [0.2, 0.25) is 0 Å². The molecule has 9 heteroatoms. The minimum atomic E-state index is -3.92. The summed E-state index contributed by atoms with van der Waals surface area (Å²) in [7, 11) is -2.89. The van der Waals surface area contributed by atoms with Crippen LogP contribution in [0.25, 0.3) is 0 Å². The average Bonchev–Trinajstić information content (AvgIpc) is 2.38. The third-order valence-corrected chi connectivity index (χ3v) is 5.67. The third kappa shape index (κ3) is 3.57. The van der Waals surface area contributed by atoms with Gasteiger partial charge in [0.05, 0.1) is 19.4 Å². The Morgan fingerprint density at radius 2 is 1.91 bits per heavy atom. The number of carbonyl (C=O) groups is 3. The maximum Gasteiger partial charge on any atom is 0.410 e. The van der Waals surface area contributed by atoms with E-state index < -0.39 is 51.0 Å². The van der Waals surface area contributed by atoms with E-state index >= 15 is 0 Å². The molecular formula is C13H21NO7S. The molecule has 1 heterocycles. The number of hydrogen-bond donors (Lipinski definition) is 0. The Morgan fingerprint density at radius 3 is 2.36 bits per heavy atom. The van der Waals surface area contributed by atoms with Crippen LogP contribution < -0.4 is 0 Å². The molecule has 1 aliphatic heterocycles. The van der Waals surface area contributed by atoms with Crippen LogP contribution in [0.3, 0.4) is 0 Å². The number of methoxy groups -OCH3 is 1. The van der Waals surface area contributed by atoms with Gasteiger partial charge in [-0.15, -0.1) is 0 Å². The SMILES string of the molecule is COC(=O)C1(CC=O)CN(C(=O)OC(C)(C)C)CCS1(=O)=O. The maximum absolute atomic E-state index is 12.3. The predicted molar refractivity (Wildman–Crippen MR) is 77.0 cm³/mol. The van der Waals surface area contributed by atoms with Crippen molar-refractivity contribution in [2.75, 3.05) is 26.0 Å². The Labute approximate surface area is 129 Å². The molecule has 0 aromatic carbocycles. The van der Waals surface area contributed by atoms with Crippen LogP contribution in [0.5, 0.6) is 0 Å². The zero-order valence-corrected chi connectivity index (χ0v) is 13.9. The lowest BCUT2D eigenvalue weighted by atomic mass is 10.0. The lowest BCUT2D eigenvalue weighted by Crippen LogP contribution is -2.62. The second-order valence-electron chi connectivity index (χ2n) is 6.08. The van der Waals surface area contributed by atoms with Crippen molar-refractivity contribution in [1.82, 2.24) is 4.90 Å². The summed E-state index contributed by atoms with van der Waals surface area (Å²) in [4.78, 5) is 36.1. The third-order valence-electron chi connectivity index (χ3n) is 3.29. The normalized spacial score (nSPS) is 24.5. The van der Waals surface area contributed by atoms with Crippen LogP contribution in [0.2, 0.25) is 0 Å². The summed E-state index contributed by atoms with van der Waals surface area (Å²) < 4.78 is 32.3. The molecule has 0 bridgehead atoms. The first-order chi connectivity index (χ1) is 9.99. The molecule has 1 amide bonds. The molecule has 8 nitrogen and oxygen atoms in total. The van der Waals surface area contributed by atoms with Gasteiger partial charge in [-0.2, -0.15) is 0 Å². The summed E-state index contributed by atoms with van der Waals surface area (Å²) in [6, 6.07) is 0. The minimum absolute atomic E-state index is 0.102. The summed E-state index contributed by atoms with van der Waals surface area (Å²) >= 11 is 0. The molecule has 1 rings (SSSR count). The molecule has 0 radical (unpaired) electrons. The molecule has 22 heavy (non-hydrogen) atoms. The highest BCUT2D eigenvalue weighted by molar-refractivity contribution is 7.93. The molecule has 0 aromatic heterocycles. The quantitative estimate of drug-likeness (QED) is 0.534. The molecule has 1 saturated heterocycles. The van der Waals surface area contributed by atoms with E-state index in [9.17, 15) is 22.8 Å². The smallest absolute Gasteiger partial charge is 0.410 e. The molecule has 0 aromatic rings. The van der Waals surface area contributed by atoms with Crippen molar-refractivity contribution in [3.05, 3.63) is 0 Å². The monoisotopic (exact) mass is 335 g/mol. The number of carbonyl (C=O) groups excluding carboxylic acids is 3. The van der Waals surface area contributed by atoms with E-state index in [4.69, 9.17) is 4.74 Å². The highest BCUT2D eigenvalue weighted by Gasteiger charge is 2.56. The maximum atomic E-state index is 12.3. The molecule has 1 atom stereocenters. The largest absolute Gasteiger partial charge is 0.468 e. The first kappa shape index (κ1) is 18.4. The van der Waals surface area contributed by atoms with E-state index in [1.165, 1.54) is 0 Å². The number of nitrogens with zero attached hydrogens (tertiary/aromatic N) is 1. The second kappa shape index (κ2) is 6.23. The molecule has 1 unspecified atom stereocenters. The van der Waals surface area contributed by atoms with Crippen molar-refractivity contribution < 1.29 is 32.3 Å². The first-order valence-corrected chi connectivity index (χ1v) is 8.36. The fourth-order valence-electron chi connectivity index (χ4n) is 2.18. The average molecular weight is 335 g/mol. The zero-order valence-electron chi connectivity index (χ0n) is 13.1. The van der Waals surface area contributed by atoms with E-state index in [2.05, 4.69) is 4.74 Å². The van der Waals surface area contributed by atoms with Crippen molar-refractivity contribution in [2.45, 2.75) is 37.5 Å². The van der Waals surface area contributed by atoms with Crippen LogP contribution in [0.4, 0.5) is 4.79 Å². The number of amides is 1. The van der Waals surface area contributed by atoms with Gasteiger partial charge in [-0.1, -0.05) is 0 Å². The summed E-state index contributed by atoms with van der Waals surface area (Å²) in [6.45, 7) is 4.45. The summed E-state index contributed by atoms with van der Waals surface area (Å²) in [5, 5.41) is 0. The van der Waals surface area contributed by atoms with Crippen molar-refractivity contribution in [2.24, 2.45) is 0 Å². The molecule has 0 spiro atoms. The van der Waals surface area contributed by atoms with Crippen LogP contribution in [-0.4, -0.2) is 68.0 Å². The topological polar surface area (TPSA) is 107 Å². The number of rotatable bonds is 3. The van der Waals surface area contributed by atoms with E-state index in [1.807, 2.05) is 0 Å². The molecule has 126 valence electrons. The fraction of sp³-hybridized carbons (Fsp3) is 0.769. The van der Waals surface area contributed by atoms with Crippen LogP contribution in [0, 0.1) is 0 Å². The number of ether oxygens (including phenoxy) is 2. The Hall–Kier alpha value is -1.64. The molecule has 1 fully saturated rings. The van der Waals surface area contributed by atoms with Crippen molar-refractivity contribution >= 4 is 28.2 Å². The Morgan fingerprint density at radius 1 is 1.32 bits per heavy atom. The van der Waals surface area contributed by atoms with Gasteiger partial charge in [0.1, 0.15) is 11.9 Å². The Bertz CT molecular complexity index is 563. The van der Waals surface area contributed by atoms with Gasteiger partial charge in [-0.05, 0) is 20.8 Å². The Kier molecular flexibility index (Phi) is 5.21. The molecule has 1 aliphatic rings. The number of aldehydes is 1. The molecule has 0 saturated carbocycles. The van der Waals surface area contributed by atoms with E-state index in [0.717, 1.165) is 12.0 Å². The van der Waals surface area contributed by atoms with Crippen molar-refractivity contribution in [3.63, 3.8) is 0 Å². The van der Waals surface area contributed by atoms with Gasteiger partial charge in [-0.3, -0.25) is 4.79 Å². The van der Waals surface area contributed by atoms with Gasteiger partial charge in [-0.25, -0.2) is 13.2 Å². The van der Waals surface area contributed by atoms with Crippen molar-refractivity contribution in [1.29, 1.82) is 0 Å². The summed E-state index contributed by atoms with van der Waals surface area (Å²) in [6.07, 6.45) is -0.962. The highest BCUT2D eigenvalue weighted by Crippen LogP contribution is 2.30. The van der Waals surface area contributed by atoms with E-state index in [0.29, 0.717) is 6.29 Å². The fourth-order valence-corrected chi connectivity index (χ4v) is 4.04. The van der Waals surface area contributed by atoms with Crippen LogP contribution in [-0.2, 0) is 28.9 Å². The van der Waals surface area contributed by atoms with Crippen LogP contribution in [0.1, 0.15) is 27.2 Å². The van der Waals surface area contributed by atoms with Gasteiger partial charge < -0.3 is 19.2 Å². The minimum Gasteiger partial charge on any atom is -0.468 e. The van der Waals surface area contributed by atoms with Gasteiger partial charge >= 0.3 is 12.1 Å². The van der Waals surface area contributed by atoms with Gasteiger partial charge in [0, 0.05) is 13.0 Å². The molecular weight excluding hydrogens is 314 g/mol. The lowest BCUT2D eigenvalue weighted by molar-refractivity contribution is -0.145. The van der Waals surface area contributed by atoms with Crippen LogP contribution >= 0.6 is 0 Å². The highest BCUT2D eigenvalue weighted by atomic mass is 32.2. The molecule has 0 aliphatic carbocycles. The lowest BCUT2D eigenvalue weighted by Gasteiger charge is -2.39. The zero-order chi connectivity index (χ0) is 17.2. The Balaban J connectivity index is 3.15. The number of esters is 1. The summed E-state index contributed by atoms with van der Waals surface area (Å²) in [5.41, 5.74) is -0.758. The second-order valence-corrected chi connectivity index (χ2v) is 8.50. The number of hydrogen-bond acceptors (Lipinski definition) is 7. The molecule has 0 N–H and O–H groups in total. The standard InChI is InChI=1S/C13H21NO7S/c1-12(2,3)21-11(17)14-6-8-22(18,19)13(9-14,5-7-15)10(16)20-4/h7H,5-6,8-9H2,1-4H3. The van der Waals surface area contributed by atoms with Crippen molar-refractivity contribution in [3.8, 4) is 0 Å². The van der Waals surface area contributed by atoms with E-state index in [-0.39, 0.29) is 6.54 Å². The van der Waals surface area contributed by atoms with Gasteiger partial charge in [0.25, 0.3) is 0 Å². The van der Waals surface area contributed by atoms with Gasteiger partial charge in [0.15, 0.2) is 14.6 Å².